The Morgan fingerprint density at radius 1 is 0.944 bits per heavy atom. The molecule has 0 aliphatic carbocycles. The summed E-state index contributed by atoms with van der Waals surface area (Å²) >= 11 is 18.6. The third-order valence-corrected chi connectivity index (χ3v) is 6.54. The molecule has 0 unspecified atom stereocenters. The lowest BCUT2D eigenvalue weighted by Crippen LogP contribution is -2.51. The van der Waals surface area contributed by atoms with Gasteiger partial charge in [-0.3, -0.25) is 9.59 Å². The van der Waals surface area contributed by atoms with Crippen molar-refractivity contribution in [3.05, 3.63) is 99.0 Å². The molecule has 0 saturated carbocycles. The predicted molar refractivity (Wildman–Crippen MR) is 146 cm³/mol. The number of nitrogens with one attached hydrogen (secondary N) is 1. The van der Waals surface area contributed by atoms with Crippen LogP contribution in [0.3, 0.4) is 0 Å². The fourth-order valence-corrected chi connectivity index (χ4v) is 4.34. The van der Waals surface area contributed by atoms with Crippen LogP contribution in [0.15, 0.2) is 72.8 Å². The SMILES string of the molecule is CCCCNC(=O)[C@@H](Cc1ccccc1)N(Cc1ccccc1Cl)C(=O)COc1ccc(Cl)cc1Cl. The molecule has 0 aromatic heterocycles. The highest BCUT2D eigenvalue weighted by Crippen LogP contribution is 2.28. The van der Waals surface area contributed by atoms with Crippen LogP contribution in [0.1, 0.15) is 30.9 Å². The Hall–Kier alpha value is -2.73. The number of hydrogen-bond acceptors (Lipinski definition) is 3. The number of benzene rings is 3. The molecular formula is C28H29Cl3N2O3. The Balaban J connectivity index is 1.90. The number of rotatable bonds is 12. The Morgan fingerprint density at radius 2 is 1.67 bits per heavy atom. The number of unbranched alkanes of at least 4 members (excludes halogenated alkanes) is 1. The van der Waals surface area contributed by atoms with Gasteiger partial charge in [0.2, 0.25) is 5.91 Å². The van der Waals surface area contributed by atoms with Crippen molar-refractivity contribution < 1.29 is 14.3 Å². The maximum absolute atomic E-state index is 13.6. The Labute approximate surface area is 227 Å². The lowest BCUT2D eigenvalue weighted by Gasteiger charge is -2.31. The topological polar surface area (TPSA) is 58.6 Å². The molecule has 3 aromatic rings. The summed E-state index contributed by atoms with van der Waals surface area (Å²) in [7, 11) is 0. The van der Waals surface area contributed by atoms with E-state index < -0.39 is 6.04 Å². The van der Waals surface area contributed by atoms with Gasteiger partial charge in [-0.15, -0.1) is 0 Å². The second-order valence-electron chi connectivity index (χ2n) is 8.33. The second kappa shape index (κ2) is 14.1. The summed E-state index contributed by atoms with van der Waals surface area (Å²) in [4.78, 5) is 28.5. The monoisotopic (exact) mass is 546 g/mol. The van der Waals surface area contributed by atoms with Gasteiger partial charge in [-0.05, 0) is 41.8 Å². The van der Waals surface area contributed by atoms with Gasteiger partial charge in [0.15, 0.2) is 6.61 Å². The van der Waals surface area contributed by atoms with Crippen molar-refractivity contribution in [3.8, 4) is 5.75 Å². The van der Waals surface area contributed by atoms with Crippen LogP contribution in [0.4, 0.5) is 0 Å². The standard InChI is InChI=1S/C28H29Cl3N2O3/c1-2-3-15-32-28(35)25(16-20-9-5-4-6-10-20)33(18-21-11-7-8-12-23(21)30)27(34)19-36-26-14-13-22(29)17-24(26)31/h4-14,17,25H,2-3,15-16,18-19H2,1H3,(H,32,35)/t25-/m1/s1. The highest BCUT2D eigenvalue weighted by molar-refractivity contribution is 6.35. The number of carbonyl (C=O) groups excluding carboxylic acids is 2. The minimum Gasteiger partial charge on any atom is -0.482 e. The fraction of sp³-hybridized carbons (Fsp3) is 0.286. The van der Waals surface area contributed by atoms with Crippen molar-refractivity contribution in [1.29, 1.82) is 0 Å². The zero-order chi connectivity index (χ0) is 25.9. The fourth-order valence-electron chi connectivity index (χ4n) is 3.68. The van der Waals surface area contributed by atoms with Crippen LogP contribution >= 0.6 is 34.8 Å². The van der Waals surface area contributed by atoms with Crippen LogP contribution in [-0.4, -0.2) is 35.9 Å². The van der Waals surface area contributed by atoms with Gasteiger partial charge in [0.1, 0.15) is 11.8 Å². The molecule has 190 valence electrons. The van der Waals surface area contributed by atoms with Crippen LogP contribution in [-0.2, 0) is 22.6 Å². The Bertz CT molecular complexity index is 1160. The zero-order valence-electron chi connectivity index (χ0n) is 20.1. The van der Waals surface area contributed by atoms with E-state index in [-0.39, 0.29) is 25.0 Å². The lowest BCUT2D eigenvalue weighted by molar-refractivity contribution is -0.142. The first-order valence-corrected chi connectivity index (χ1v) is 12.9. The summed E-state index contributed by atoms with van der Waals surface area (Å²) in [6, 6.07) is 20.9. The third kappa shape index (κ3) is 8.16. The molecule has 5 nitrogen and oxygen atoms in total. The molecule has 36 heavy (non-hydrogen) atoms. The molecule has 2 amide bonds. The van der Waals surface area contributed by atoms with E-state index in [1.807, 2.05) is 48.5 Å². The first-order chi connectivity index (χ1) is 17.4. The highest BCUT2D eigenvalue weighted by atomic mass is 35.5. The van der Waals surface area contributed by atoms with Crippen molar-refractivity contribution in [2.24, 2.45) is 0 Å². The van der Waals surface area contributed by atoms with Gasteiger partial charge in [0.05, 0.1) is 5.02 Å². The second-order valence-corrected chi connectivity index (χ2v) is 9.58. The van der Waals surface area contributed by atoms with Crippen LogP contribution in [0.2, 0.25) is 15.1 Å². The highest BCUT2D eigenvalue weighted by Gasteiger charge is 2.31. The van der Waals surface area contributed by atoms with Crippen molar-refractivity contribution in [3.63, 3.8) is 0 Å². The third-order valence-electron chi connectivity index (χ3n) is 5.64. The van der Waals surface area contributed by atoms with E-state index in [1.165, 1.54) is 4.90 Å². The molecule has 0 radical (unpaired) electrons. The average Bonchev–Trinajstić information content (AvgIpc) is 2.87. The molecule has 0 aliphatic rings. The summed E-state index contributed by atoms with van der Waals surface area (Å²) in [5.74, 6) is -0.260. The molecule has 0 heterocycles. The van der Waals surface area contributed by atoms with Crippen molar-refractivity contribution in [1.82, 2.24) is 10.2 Å². The minimum absolute atomic E-state index is 0.148. The summed E-state index contributed by atoms with van der Waals surface area (Å²) in [6.45, 7) is 2.43. The maximum Gasteiger partial charge on any atom is 0.261 e. The molecule has 0 bridgehead atoms. The number of ether oxygens (including phenoxy) is 1. The van der Waals surface area contributed by atoms with Crippen molar-refractivity contribution in [2.75, 3.05) is 13.2 Å². The van der Waals surface area contributed by atoms with Crippen LogP contribution in [0.25, 0.3) is 0 Å². The summed E-state index contributed by atoms with van der Waals surface area (Å²) < 4.78 is 5.73. The largest absolute Gasteiger partial charge is 0.482 e. The van der Waals surface area contributed by atoms with Gasteiger partial charge in [-0.2, -0.15) is 0 Å². The van der Waals surface area contributed by atoms with E-state index in [0.29, 0.717) is 33.8 Å². The predicted octanol–water partition coefficient (Wildman–Crippen LogP) is 6.58. The van der Waals surface area contributed by atoms with Gasteiger partial charge >= 0.3 is 0 Å². The number of amides is 2. The molecule has 8 heteroatoms. The van der Waals surface area contributed by atoms with E-state index in [0.717, 1.165) is 24.0 Å². The van der Waals surface area contributed by atoms with Crippen LogP contribution in [0, 0.1) is 0 Å². The molecule has 0 spiro atoms. The summed E-state index contributed by atoms with van der Waals surface area (Å²) in [5.41, 5.74) is 1.67. The quantitative estimate of drug-likeness (QED) is 0.261. The van der Waals surface area contributed by atoms with E-state index in [9.17, 15) is 9.59 Å². The number of hydrogen-bond donors (Lipinski definition) is 1. The van der Waals surface area contributed by atoms with Crippen molar-refractivity contribution >= 4 is 46.6 Å². The lowest BCUT2D eigenvalue weighted by atomic mass is 10.0. The maximum atomic E-state index is 13.6. The normalized spacial score (nSPS) is 11.6. The first kappa shape index (κ1) is 27.9. The van der Waals surface area contributed by atoms with Gasteiger partial charge in [-0.1, -0.05) is 96.7 Å². The molecule has 3 aromatic carbocycles. The molecule has 1 atom stereocenters. The van der Waals surface area contributed by atoms with Crippen LogP contribution < -0.4 is 10.1 Å². The summed E-state index contributed by atoms with van der Waals surface area (Å²) in [5, 5.41) is 4.26. The number of nitrogens with zero attached hydrogens (tertiary/aromatic N) is 1. The minimum atomic E-state index is -0.766. The van der Waals surface area contributed by atoms with Crippen LogP contribution in [0.5, 0.6) is 5.75 Å². The molecule has 0 saturated heterocycles. The molecule has 0 fully saturated rings. The van der Waals surface area contributed by atoms with Gasteiger partial charge in [0, 0.05) is 29.6 Å². The molecule has 3 rings (SSSR count). The molecular weight excluding hydrogens is 519 g/mol. The summed E-state index contributed by atoms with van der Waals surface area (Å²) in [6.07, 6.45) is 2.14. The van der Waals surface area contributed by atoms with Gasteiger partial charge < -0.3 is 15.0 Å². The number of halogens is 3. The van der Waals surface area contributed by atoms with Gasteiger partial charge in [-0.25, -0.2) is 0 Å². The first-order valence-electron chi connectivity index (χ1n) is 11.8. The number of carbonyl (C=O) groups is 2. The van der Waals surface area contributed by atoms with E-state index in [1.54, 1.807) is 24.3 Å². The molecule has 1 N–H and O–H groups in total. The Morgan fingerprint density at radius 3 is 2.36 bits per heavy atom. The zero-order valence-corrected chi connectivity index (χ0v) is 22.3. The smallest absolute Gasteiger partial charge is 0.261 e. The van der Waals surface area contributed by atoms with Crippen molar-refractivity contribution in [2.45, 2.75) is 38.8 Å². The van der Waals surface area contributed by atoms with E-state index in [2.05, 4.69) is 12.2 Å². The van der Waals surface area contributed by atoms with Gasteiger partial charge in [0.25, 0.3) is 5.91 Å². The van der Waals surface area contributed by atoms with E-state index in [4.69, 9.17) is 39.5 Å². The Kier molecular flexibility index (Phi) is 10.9. The molecule has 0 aliphatic heterocycles. The average molecular weight is 548 g/mol. The van der Waals surface area contributed by atoms with E-state index >= 15 is 0 Å².